The minimum Gasteiger partial charge on any atom is -0.481 e. The van der Waals surface area contributed by atoms with Crippen molar-refractivity contribution in [2.45, 2.75) is 19.8 Å². The summed E-state index contributed by atoms with van der Waals surface area (Å²) in [6.07, 6.45) is 1.03. The Hall–Kier alpha value is -0.970. The number of carbonyl (C=O) groups excluding carboxylic acids is 1. The molecule has 0 aromatic heterocycles. The van der Waals surface area contributed by atoms with Crippen molar-refractivity contribution in [3.63, 3.8) is 0 Å². The number of aliphatic carboxylic acids is 1. The summed E-state index contributed by atoms with van der Waals surface area (Å²) in [6, 6.07) is 2.94. The fourth-order valence-electron chi connectivity index (χ4n) is 2.73. The zero-order valence-electron chi connectivity index (χ0n) is 11.2. The zero-order chi connectivity index (χ0) is 15.7. The molecule has 1 aliphatic carbocycles. The first-order chi connectivity index (χ1) is 9.79. The van der Waals surface area contributed by atoms with Crippen LogP contribution in [0.3, 0.4) is 0 Å². The average molecular weight is 351 g/mol. The van der Waals surface area contributed by atoms with Gasteiger partial charge in [0.1, 0.15) is 0 Å². The van der Waals surface area contributed by atoms with Crippen LogP contribution in [0.2, 0.25) is 15.1 Å². The number of halogens is 3. The van der Waals surface area contributed by atoms with Crippen molar-refractivity contribution < 1.29 is 14.7 Å². The fraction of sp³-hybridized carbons (Fsp3) is 0.429. The first kappa shape index (κ1) is 16.4. The minimum atomic E-state index is -0.951. The Labute approximate surface area is 137 Å². The van der Waals surface area contributed by atoms with Crippen molar-refractivity contribution in [2.75, 3.05) is 5.32 Å². The van der Waals surface area contributed by atoms with Crippen LogP contribution in [-0.2, 0) is 9.59 Å². The number of hydrogen-bond donors (Lipinski definition) is 2. The maximum absolute atomic E-state index is 12.3. The molecular formula is C14H14Cl3NO3. The number of anilines is 1. The molecule has 3 atom stereocenters. The van der Waals surface area contributed by atoms with Crippen LogP contribution in [0.4, 0.5) is 5.69 Å². The van der Waals surface area contributed by atoms with Gasteiger partial charge >= 0.3 is 5.97 Å². The molecule has 1 amide bonds. The van der Waals surface area contributed by atoms with Crippen molar-refractivity contribution in [1.29, 1.82) is 0 Å². The molecule has 1 aromatic carbocycles. The Kier molecular flexibility index (Phi) is 5.02. The Morgan fingerprint density at radius 1 is 1.14 bits per heavy atom. The number of carbonyl (C=O) groups is 2. The molecule has 1 aromatic rings. The topological polar surface area (TPSA) is 66.4 Å². The highest BCUT2D eigenvalue weighted by Gasteiger charge is 2.41. The van der Waals surface area contributed by atoms with Gasteiger partial charge in [-0.15, -0.1) is 0 Å². The van der Waals surface area contributed by atoms with E-state index in [9.17, 15) is 14.7 Å². The van der Waals surface area contributed by atoms with Gasteiger partial charge in [-0.3, -0.25) is 9.59 Å². The second-order valence-corrected chi connectivity index (χ2v) is 6.61. The number of amides is 1. The van der Waals surface area contributed by atoms with Gasteiger partial charge in [0, 0.05) is 5.02 Å². The lowest BCUT2D eigenvalue weighted by Gasteiger charge is -2.17. The Morgan fingerprint density at radius 3 is 2.19 bits per heavy atom. The highest BCUT2D eigenvalue weighted by Crippen LogP contribution is 2.39. The van der Waals surface area contributed by atoms with E-state index in [-0.39, 0.29) is 27.6 Å². The van der Waals surface area contributed by atoms with Crippen LogP contribution in [0.25, 0.3) is 0 Å². The third kappa shape index (κ3) is 3.62. The second-order valence-electron chi connectivity index (χ2n) is 5.36. The van der Waals surface area contributed by atoms with Crippen LogP contribution < -0.4 is 5.32 Å². The van der Waals surface area contributed by atoms with E-state index in [2.05, 4.69) is 5.32 Å². The predicted molar refractivity (Wildman–Crippen MR) is 83.1 cm³/mol. The van der Waals surface area contributed by atoms with E-state index in [1.165, 1.54) is 12.1 Å². The van der Waals surface area contributed by atoms with Crippen LogP contribution in [0.5, 0.6) is 0 Å². The van der Waals surface area contributed by atoms with Gasteiger partial charge in [0.25, 0.3) is 0 Å². The molecule has 0 heterocycles. The van der Waals surface area contributed by atoms with E-state index in [0.29, 0.717) is 17.9 Å². The number of carboxylic acids is 1. The predicted octanol–water partition coefficient (Wildman–Crippen LogP) is 4.33. The number of benzene rings is 1. The molecule has 1 saturated carbocycles. The number of nitrogens with one attached hydrogen (secondary N) is 1. The van der Waals surface area contributed by atoms with E-state index in [1.807, 2.05) is 6.92 Å². The van der Waals surface area contributed by atoms with Crippen LogP contribution in [0.15, 0.2) is 12.1 Å². The van der Waals surface area contributed by atoms with Crippen molar-refractivity contribution in [1.82, 2.24) is 0 Å². The average Bonchev–Trinajstić information content (AvgIpc) is 2.76. The first-order valence-electron chi connectivity index (χ1n) is 6.47. The molecule has 7 heteroatoms. The standard InChI is InChI=1S/C14H14Cl3NO3/c1-6-2-8(9(3-6)14(20)21)13(19)18-12-10(16)4-7(15)5-11(12)17/h4-6,8-9H,2-3H2,1H3,(H,18,19)(H,20,21)/t6?,8-,9+/m0/s1. The van der Waals surface area contributed by atoms with Gasteiger partial charge in [-0.05, 0) is 30.9 Å². The van der Waals surface area contributed by atoms with E-state index in [4.69, 9.17) is 34.8 Å². The van der Waals surface area contributed by atoms with Gasteiger partial charge in [0.05, 0.1) is 27.6 Å². The van der Waals surface area contributed by atoms with Crippen LogP contribution >= 0.6 is 34.8 Å². The SMILES string of the molecule is CC1C[C@H](C(=O)Nc2c(Cl)cc(Cl)cc2Cl)[C@H](C(=O)O)C1. The molecule has 2 rings (SSSR count). The summed E-state index contributed by atoms with van der Waals surface area (Å²) in [6.45, 7) is 1.94. The summed E-state index contributed by atoms with van der Waals surface area (Å²) in [5.41, 5.74) is 0.261. The summed E-state index contributed by atoms with van der Waals surface area (Å²) >= 11 is 17.8. The molecule has 0 spiro atoms. The number of carboxylic acid groups (broad SMARTS) is 1. The van der Waals surface area contributed by atoms with Gasteiger partial charge in [0.2, 0.25) is 5.91 Å². The number of rotatable bonds is 3. The number of hydrogen-bond acceptors (Lipinski definition) is 2. The maximum Gasteiger partial charge on any atom is 0.307 e. The zero-order valence-corrected chi connectivity index (χ0v) is 13.5. The molecule has 1 unspecified atom stereocenters. The molecule has 0 bridgehead atoms. The molecule has 0 radical (unpaired) electrons. The molecule has 0 saturated heterocycles. The summed E-state index contributed by atoms with van der Waals surface area (Å²) in [5, 5.41) is 12.6. The van der Waals surface area contributed by atoms with Crippen LogP contribution in [0, 0.1) is 17.8 Å². The largest absolute Gasteiger partial charge is 0.481 e. The Bertz CT molecular complexity index is 568. The molecule has 2 N–H and O–H groups in total. The highest BCUT2D eigenvalue weighted by molar-refractivity contribution is 6.42. The smallest absolute Gasteiger partial charge is 0.307 e. The van der Waals surface area contributed by atoms with Crippen molar-refractivity contribution in [3.05, 3.63) is 27.2 Å². The van der Waals surface area contributed by atoms with Crippen molar-refractivity contribution in [3.8, 4) is 0 Å². The molecule has 0 aliphatic heterocycles. The minimum absolute atomic E-state index is 0.193. The van der Waals surface area contributed by atoms with Gasteiger partial charge in [0.15, 0.2) is 0 Å². The van der Waals surface area contributed by atoms with Crippen LogP contribution in [0.1, 0.15) is 19.8 Å². The second kappa shape index (κ2) is 6.42. The normalized spacial score (nSPS) is 24.9. The van der Waals surface area contributed by atoms with Crippen molar-refractivity contribution in [2.24, 2.45) is 17.8 Å². The molecule has 114 valence electrons. The molecular weight excluding hydrogens is 337 g/mol. The van der Waals surface area contributed by atoms with E-state index < -0.39 is 17.8 Å². The summed E-state index contributed by atoms with van der Waals surface area (Å²) in [7, 11) is 0. The lowest BCUT2D eigenvalue weighted by Crippen LogP contribution is -2.30. The fourth-order valence-corrected chi connectivity index (χ4v) is 3.64. The van der Waals surface area contributed by atoms with Crippen LogP contribution in [-0.4, -0.2) is 17.0 Å². The van der Waals surface area contributed by atoms with Gasteiger partial charge < -0.3 is 10.4 Å². The molecule has 4 nitrogen and oxygen atoms in total. The Balaban J connectivity index is 2.20. The molecule has 1 fully saturated rings. The van der Waals surface area contributed by atoms with Gasteiger partial charge in [-0.25, -0.2) is 0 Å². The summed E-state index contributed by atoms with van der Waals surface area (Å²) in [5.74, 6) is -2.39. The molecule has 1 aliphatic rings. The maximum atomic E-state index is 12.3. The Morgan fingerprint density at radius 2 is 1.67 bits per heavy atom. The quantitative estimate of drug-likeness (QED) is 0.852. The summed E-state index contributed by atoms with van der Waals surface area (Å²) in [4.78, 5) is 23.6. The third-order valence-corrected chi connectivity index (χ3v) is 4.52. The van der Waals surface area contributed by atoms with E-state index >= 15 is 0 Å². The third-order valence-electron chi connectivity index (χ3n) is 3.71. The lowest BCUT2D eigenvalue weighted by molar-refractivity contribution is -0.145. The highest BCUT2D eigenvalue weighted by atomic mass is 35.5. The van der Waals surface area contributed by atoms with E-state index in [1.54, 1.807) is 0 Å². The lowest BCUT2D eigenvalue weighted by atomic mass is 9.95. The van der Waals surface area contributed by atoms with Gasteiger partial charge in [-0.2, -0.15) is 0 Å². The van der Waals surface area contributed by atoms with E-state index in [0.717, 1.165) is 0 Å². The monoisotopic (exact) mass is 349 g/mol. The summed E-state index contributed by atoms with van der Waals surface area (Å²) < 4.78 is 0. The molecule has 21 heavy (non-hydrogen) atoms. The van der Waals surface area contributed by atoms with Crippen molar-refractivity contribution >= 4 is 52.4 Å². The van der Waals surface area contributed by atoms with Gasteiger partial charge in [-0.1, -0.05) is 41.7 Å². The first-order valence-corrected chi connectivity index (χ1v) is 7.61.